The van der Waals surface area contributed by atoms with Crippen LogP contribution in [-0.2, 0) is 11.0 Å². The Balaban J connectivity index is 1.75. The second-order valence-electron chi connectivity index (χ2n) is 5.99. The standard InChI is InChI=1S/C20H13F3N4O2S/c21-20(22,23)13-7-4-8-14(9-13)25-16(28)11-30-19-26-17(12-5-2-1-3-6-12)15(10-24)18(29)27-19/h1-9H,11H2,(H,25,28)(H,26,27,29). The molecule has 10 heteroatoms. The van der Waals surface area contributed by atoms with Crippen LogP contribution in [0.15, 0.2) is 64.5 Å². The Morgan fingerprint density at radius 2 is 1.90 bits per heavy atom. The molecule has 3 aromatic rings. The molecule has 2 N–H and O–H groups in total. The molecule has 0 aliphatic carbocycles. The van der Waals surface area contributed by atoms with E-state index in [1.54, 1.807) is 30.3 Å². The molecule has 2 aromatic carbocycles. The average molecular weight is 430 g/mol. The molecule has 1 aromatic heterocycles. The van der Waals surface area contributed by atoms with Gasteiger partial charge in [-0.25, -0.2) is 4.98 Å². The molecular weight excluding hydrogens is 417 g/mol. The van der Waals surface area contributed by atoms with Crippen LogP contribution in [0.4, 0.5) is 18.9 Å². The van der Waals surface area contributed by atoms with Crippen molar-refractivity contribution in [2.24, 2.45) is 0 Å². The summed E-state index contributed by atoms with van der Waals surface area (Å²) in [6, 6.07) is 14.7. The number of aromatic amines is 1. The Hall–Kier alpha value is -3.58. The summed E-state index contributed by atoms with van der Waals surface area (Å²) in [7, 11) is 0. The molecule has 1 heterocycles. The fourth-order valence-electron chi connectivity index (χ4n) is 2.53. The molecule has 0 radical (unpaired) electrons. The van der Waals surface area contributed by atoms with Crippen LogP contribution < -0.4 is 10.9 Å². The maximum absolute atomic E-state index is 12.8. The average Bonchev–Trinajstić information content (AvgIpc) is 2.72. The van der Waals surface area contributed by atoms with Crippen LogP contribution in [0, 0.1) is 11.3 Å². The Labute approximate surface area is 172 Å². The van der Waals surface area contributed by atoms with E-state index >= 15 is 0 Å². The minimum atomic E-state index is -4.52. The molecule has 3 rings (SSSR count). The number of rotatable bonds is 5. The lowest BCUT2D eigenvalue weighted by molar-refractivity contribution is -0.137. The molecule has 0 atom stereocenters. The third kappa shape index (κ3) is 5.07. The summed E-state index contributed by atoms with van der Waals surface area (Å²) in [5.41, 5.74) is -0.926. The zero-order valence-corrected chi connectivity index (χ0v) is 16.0. The van der Waals surface area contributed by atoms with E-state index in [0.717, 1.165) is 23.9 Å². The number of aromatic nitrogens is 2. The number of alkyl halides is 3. The number of halogens is 3. The first kappa shape index (κ1) is 21.1. The van der Waals surface area contributed by atoms with Crippen molar-refractivity contribution in [2.75, 3.05) is 11.1 Å². The topological polar surface area (TPSA) is 98.6 Å². The van der Waals surface area contributed by atoms with Gasteiger partial charge in [0.2, 0.25) is 5.91 Å². The van der Waals surface area contributed by atoms with Crippen LogP contribution in [0.3, 0.4) is 0 Å². The van der Waals surface area contributed by atoms with Crippen LogP contribution in [-0.4, -0.2) is 21.6 Å². The highest BCUT2D eigenvalue weighted by Crippen LogP contribution is 2.30. The Bertz CT molecular complexity index is 1170. The second-order valence-corrected chi connectivity index (χ2v) is 6.95. The molecule has 30 heavy (non-hydrogen) atoms. The van der Waals surface area contributed by atoms with Gasteiger partial charge in [0.1, 0.15) is 11.6 Å². The lowest BCUT2D eigenvalue weighted by atomic mass is 10.1. The van der Waals surface area contributed by atoms with Gasteiger partial charge >= 0.3 is 6.18 Å². The molecule has 0 bridgehead atoms. The minimum absolute atomic E-state index is 0.00156. The van der Waals surface area contributed by atoms with Crippen LogP contribution in [0.25, 0.3) is 11.3 Å². The molecule has 152 valence electrons. The number of nitriles is 1. The summed E-state index contributed by atoms with van der Waals surface area (Å²) in [5, 5.41) is 11.7. The van der Waals surface area contributed by atoms with Crippen molar-refractivity contribution in [3.8, 4) is 17.3 Å². The zero-order valence-electron chi connectivity index (χ0n) is 15.2. The summed E-state index contributed by atoms with van der Waals surface area (Å²) in [6.45, 7) is 0. The van der Waals surface area contributed by atoms with Crippen LogP contribution in [0.2, 0.25) is 0 Å². The predicted octanol–water partition coefficient (Wildman–Crippen LogP) is 4.06. The number of amides is 1. The van der Waals surface area contributed by atoms with Crippen LogP contribution in [0.1, 0.15) is 11.1 Å². The predicted molar refractivity (Wildman–Crippen MR) is 106 cm³/mol. The van der Waals surface area contributed by atoms with E-state index in [1.165, 1.54) is 12.1 Å². The van der Waals surface area contributed by atoms with Gasteiger partial charge in [-0.2, -0.15) is 18.4 Å². The number of hydrogen-bond donors (Lipinski definition) is 2. The number of anilines is 1. The number of nitrogens with zero attached hydrogens (tertiary/aromatic N) is 2. The normalized spacial score (nSPS) is 11.0. The monoisotopic (exact) mass is 430 g/mol. The van der Waals surface area contributed by atoms with E-state index in [-0.39, 0.29) is 27.9 Å². The fourth-order valence-corrected chi connectivity index (χ4v) is 3.19. The van der Waals surface area contributed by atoms with Gasteiger partial charge in [-0.1, -0.05) is 48.2 Å². The summed E-state index contributed by atoms with van der Waals surface area (Å²) >= 11 is 0.889. The van der Waals surface area contributed by atoms with E-state index < -0.39 is 23.2 Å². The number of H-pyrrole nitrogens is 1. The number of thioether (sulfide) groups is 1. The quantitative estimate of drug-likeness (QED) is 0.470. The summed E-state index contributed by atoms with van der Waals surface area (Å²) in [4.78, 5) is 31.0. The number of carbonyl (C=O) groups excluding carboxylic acids is 1. The number of benzene rings is 2. The third-order valence-corrected chi connectivity index (χ3v) is 4.74. The van der Waals surface area contributed by atoms with Gasteiger partial charge < -0.3 is 10.3 Å². The molecule has 0 unspecified atom stereocenters. The Morgan fingerprint density at radius 3 is 2.57 bits per heavy atom. The van der Waals surface area contributed by atoms with Gasteiger partial charge in [-0.15, -0.1) is 0 Å². The highest BCUT2D eigenvalue weighted by molar-refractivity contribution is 7.99. The smallest absolute Gasteiger partial charge is 0.325 e. The van der Waals surface area contributed by atoms with Crippen molar-refractivity contribution < 1.29 is 18.0 Å². The number of hydrogen-bond acceptors (Lipinski definition) is 5. The fraction of sp³-hybridized carbons (Fsp3) is 0.100. The Morgan fingerprint density at radius 1 is 1.17 bits per heavy atom. The van der Waals surface area contributed by atoms with E-state index in [4.69, 9.17) is 0 Å². The summed E-state index contributed by atoms with van der Waals surface area (Å²) in [5.74, 6) is -0.785. The summed E-state index contributed by atoms with van der Waals surface area (Å²) in [6.07, 6.45) is -4.52. The van der Waals surface area contributed by atoms with E-state index in [2.05, 4.69) is 15.3 Å². The van der Waals surface area contributed by atoms with Gasteiger partial charge in [-0.05, 0) is 18.2 Å². The highest BCUT2D eigenvalue weighted by atomic mass is 32.2. The van der Waals surface area contributed by atoms with Gasteiger partial charge in [0.15, 0.2) is 5.16 Å². The molecule has 0 fully saturated rings. The third-order valence-electron chi connectivity index (χ3n) is 3.87. The van der Waals surface area contributed by atoms with Gasteiger partial charge in [-0.3, -0.25) is 9.59 Å². The zero-order chi connectivity index (χ0) is 21.7. The molecule has 1 amide bonds. The molecule has 0 saturated carbocycles. The largest absolute Gasteiger partial charge is 0.416 e. The highest BCUT2D eigenvalue weighted by Gasteiger charge is 2.30. The van der Waals surface area contributed by atoms with Gasteiger partial charge in [0, 0.05) is 11.3 Å². The van der Waals surface area contributed by atoms with Crippen LogP contribution >= 0.6 is 11.8 Å². The molecular formula is C20H13F3N4O2S. The lowest BCUT2D eigenvalue weighted by Gasteiger charge is -2.10. The maximum Gasteiger partial charge on any atom is 0.416 e. The first-order chi connectivity index (χ1) is 14.3. The number of carbonyl (C=O) groups is 1. The van der Waals surface area contributed by atoms with E-state index in [1.807, 2.05) is 6.07 Å². The number of nitrogens with one attached hydrogen (secondary N) is 2. The van der Waals surface area contributed by atoms with Crippen molar-refractivity contribution in [3.63, 3.8) is 0 Å². The summed E-state index contributed by atoms with van der Waals surface area (Å²) < 4.78 is 38.3. The first-order valence-electron chi connectivity index (χ1n) is 8.47. The molecule has 6 nitrogen and oxygen atoms in total. The van der Waals surface area contributed by atoms with Gasteiger partial charge in [0.25, 0.3) is 5.56 Å². The van der Waals surface area contributed by atoms with Crippen molar-refractivity contribution >= 4 is 23.4 Å². The van der Waals surface area contributed by atoms with Gasteiger partial charge in [0.05, 0.1) is 17.0 Å². The molecule has 0 aliphatic rings. The van der Waals surface area contributed by atoms with E-state index in [0.29, 0.717) is 5.56 Å². The van der Waals surface area contributed by atoms with Crippen LogP contribution in [0.5, 0.6) is 0 Å². The van der Waals surface area contributed by atoms with Crippen molar-refractivity contribution in [3.05, 3.63) is 76.1 Å². The first-order valence-corrected chi connectivity index (χ1v) is 9.46. The second kappa shape index (κ2) is 8.84. The molecule has 0 saturated heterocycles. The van der Waals surface area contributed by atoms with Crippen molar-refractivity contribution in [2.45, 2.75) is 11.3 Å². The molecule has 0 spiro atoms. The molecule has 0 aliphatic heterocycles. The Kier molecular flexibility index (Phi) is 6.23. The minimum Gasteiger partial charge on any atom is -0.325 e. The maximum atomic E-state index is 12.8. The van der Waals surface area contributed by atoms with Crippen molar-refractivity contribution in [1.82, 2.24) is 9.97 Å². The van der Waals surface area contributed by atoms with E-state index in [9.17, 15) is 28.0 Å². The SMILES string of the molecule is N#Cc1c(-c2ccccc2)nc(SCC(=O)Nc2cccc(C(F)(F)F)c2)[nH]c1=O. The lowest BCUT2D eigenvalue weighted by Crippen LogP contribution is -2.17. The van der Waals surface area contributed by atoms with Crippen molar-refractivity contribution in [1.29, 1.82) is 5.26 Å².